The maximum absolute atomic E-state index is 5.74. The van der Waals surface area contributed by atoms with Gasteiger partial charge < -0.3 is 16.4 Å². The third-order valence-corrected chi connectivity index (χ3v) is 3.81. The van der Waals surface area contributed by atoms with E-state index in [1.165, 1.54) is 0 Å². The average molecular weight is 327 g/mol. The Kier molecular flexibility index (Phi) is 3.88. The average Bonchev–Trinajstić information content (AvgIpc) is 2.65. The van der Waals surface area contributed by atoms with Gasteiger partial charge >= 0.3 is 0 Å². The second-order valence-electron chi connectivity index (χ2n) is 5.65. The monoisotopic (exact) mass is 327 g/mol. The van der Waals surface area contributed by atoms with Crippen molar-refractivity contribution in [3.8, 4) is 0 Å². The molecule has 25 heavy (non-hydrogen) atoms. The number of fused-ring (bicyclic) bond motifs is 1. The SMILES string of the molecule is Nc1ccc(Nc2nc(Nc3ccccc3)c3ccccc3n2)cc1. The zero-order valence-corrected chi connectivity index (χ0v) is 13.5. The molecule has 3 aromatic carbocycles. The molecule has 0 bridgehead atoms. The first-order valence-electron chi connectivity index (χ1n) is 7.99. The van der Waals surface area contributed by atoms with Gasteiger partial charge in [-0.25, -0.2) is 4.98 Å². The smallest absolute Gasteiger partial charge is 0.229 e. The van der Waals surface area contributed by atoms with Crippen molar-refractivity contribution in [1.82, 2.24) is 9.97 Å². The molecule has 0 aliphatic heterocycles. The molecule has 4 N–H and O–H groups in total. The minimum atomic E-state index is 0.530. The Bertz CT molecular complexity index is 997. The molecule has 0 unspecified atom stereocenters. The second kappa shape index (κ2) is 6.49. The van der Waals surface area contributed by atoms with Gasteiger partial charge in [-0.15, -0.1) is 0 Å². The molecule has 4 aromatic rings. The fourth-order valence-corrected chi connectivity index (χ4v) is 2.58. The molecule has 0 spiro atoms. The quantitative estimate of drug-likeness (QED) is 0.474. The summed E-state index contributed by atoms with van der Waals surface area (Å²) in [7, 11) is 0. The number of hydrogen-bond donors (Lipinski definition) is 3. The molecule has 0 aliphatic rings. The molecule has 0 saturated carbocycles. The van der Waals surface area contributed by atoms with Gasteiger partial charge in [0.2, 0.25) is 5.95 Å². The van der Waals surface area contributed by atoms with E-state index in [1.807, 2.05) is 78.9 Å². The minimum Gasteiger partial charge on any atom is -0.399 e. The van der Waals surface area contributed by atoms with Crippen molar-refractivity contribution in [2.45, 2.75) is 0 Å². The maximum Gasteiger partial charge on any atom is 0.229 e. The number of nitrogen functional groups attached to an aromatic ring is 1. The summed E-state index contributed by atoms with van der Waals surface area (Å²) in [6, 6.07) is 25.4. The number of benzene rings is 3. The van der Waals surface area contributed by atoms with Crippen LogP contribution in [0.5, 0.6) is 0 Å². The highest BCUT2D eigenvalue weighted by atomic mass is 15.1. The summed E-state index contributed by atoms with van der Waals surface area (Å²) in [5.74, 6) is 1.29. The van der Waals surface area contributed by atoms with Gasteiger partial charge in [-0.2, -0.15) is 4.98 Å². The van der Waals surface area contributed by atoms with E-state index >= 15 is 0 Å². The van der Waals surface area contributed by atoms with Crippen LogP contribution in [0.2, 0.25) is 0 Å². The third-order valence-electron chi connectivity index (χ3n) is 3.81. The highest BCUT2D eigenvalue weighted by molar-refractivity contribution is 5.92. The lowest BCUT2D eigenvalue weighted by Crippen LogP contribution is -2.02. The number of rotatable bonds is 4. The van der Waals surface area contributed by atoms with Crippen molar-refractivity contribution in [3.05, 3.63) is 78.9 Å². The van der Waals surface area contributed by atoms with E-state index < -0.39 is 0 Å². The Morgan fingerprint density at radius 3 is 2.12 bits per heavy atom. The number of nitrogens with zero attached hydrogens (tertiary/aromatic N) is 2. The van der Waals surface area contributed by atoms with Gasteiger partial charge in [0.25, 0.3) is 0 Å². The predicted molar refractivity (Wildman–Crippen MR) is 103 cm³/mol. The fraction of sp³-hybridized carbons (Fsp3) is 0. The molecule has 1 heterocycles. The number of para-hydroxylation sites is 2. The lowest BCUT2D eigenvalue weighted by molar-refractivity contribution is 1.21. The molecular formula is C20H17N5. The van der Waals surface area contributed by atoms with Gasteiger partial charge in [0, 0.05) is 22.4 Å². The van der Waals surface area contributed by atoms with Crippen LogP contribution in [0.1, 0.15) is 0 Å². The summed E-state index contributed by atoms with van der Waals surface area (Å²) in [5.41, 5.74) is 9.18. The van der Waals surface area contributed by atoms with Crippen LogP contribution in [-0.2, 0) is 0 Å². The molecule has 0 atom stereocenters. The summed E-state index contributed by atoms with van der Waals surface area (Å²) in [6.07, 6.45) is 0. The van der Waals surface area contributed by atoms with E-state index in [1.54, 1.807) is 0 Å². The summed E-state index contributed by atoms with van der Waals surface area (Å²) in [5, 5.41) is 7.57. The largest absolute Gasteiger partial charge is 0.399 e. The van der Waals surface area contributed by atoms with Crippen molar-refractivity contribution in [1.29, 1.82) is 0 Å². The first-order chi connectivity index (χ1) is 12.3. The van der Waals surface area contributed by atoms with Gasteiger partial charge in [0.05, 0.1) is 5.52 Å². The Labute approximate surface area is 145 Å². The highest BCUT2D eigenvalue weighted by Gasteiger charge is 2.08. The Hall–Kier alpha value is -3.60. The van der Waals surface area contributed by atoms with Crippen LogP contribution < -0.4 is 16.4 Å². The van der Waals surface area contributed by atoms with Gasteiger partial charge in [0.15, 0.2) is 0 Å². The standard InChI is InChI=1S/C20H17N5/c21-14-10-12-16(13-11-14)23-20-24-18-9-5-4-8-17(18)19(25-20)22-15-6-2-1-3-7-15/h1-13H,21H2,(H2,22,23,24,25). The third kappa shape index (κ3) is 3.35. The van der Waals surface area contributed by atoms with E-state index in [2.05, 4.69) is 20.6 Å². The van der Waals surface area contributed by atoms with Gasteiger partial charge in [0.1, 0.15) is 5.82 Å². The molecule has 0 radical (unpaired) electrons. The molecule has 4 rings (SSSR count). The van der Waals surface area contributed by atoms with Crippen LogP contribution in [-0.4, -0.2) is 9.97 Å². The van der Waals surface area contributed by atoms with Crippen molar-refractivity contribution < 1.29 is 0 Å². The normalized spacial score (nSPS) is 10.6. The van der Waals surface area contributed by atoms with Crippen LogP contribution in [0.25, 0.3) is 10.9 Å². The molecule has 0 saturated heterocycles. The molecule has 0 aliphatic carbocycles. The van der Waals surface area contributed by atoms with Crippen molar-refractivity contribution in [2.24, 2.45) is 0 Å². The van der Waals surface area contributed by atoms with Crippen LogP contribution >= 0.6 is 0 Å². The summed E-state index contributed by atoms with van der Waals surface area (Å²) < 4.78 is 0. The van der Waals surface area contributed by atoms with Crippen molar-refractivity contribution in [2.75, 3.05) is 16.4 Å². The Balaban J connectivity index is 1.74. The van der Waals surface area contributed by atoms with Crippen LogP contribution in [0.4, 0.5) is 28.8 Å². The van der Waals surface area contributed by atoms with E-state index in [0.29, 0.717) is 5.95 Å². The minimum absolute atomic E-state index is 0.530. The van der Waals surface area contributed by atoms with E-state index in [0.717, 1.165) is 33.8 Å². The number of aromatic nitrogens is 2. The zero-order chi connectivity index (χ0) is 17.1. The molecule has 5 heteroatoms. The van der Waals surface area contributed by atoms with Crippen LogP contribution in [0, 0.1) is 0 Å². The van der Waals surface area contributed by atoms with Crippen LogP contribution in [0.15, 0.2) is 78.9 Å². The fourth-order valence-electron chi connectivity index (χ4n) is 2.58. The summed E-state index contributed by atoms with van der Waals surface area (Å²) in [4.78, 5) is 9.25. The number of nitrogens with one attached hydrogen (secondary N) is 2. The second-order valence-corrected chi connectivity index (χ2v) is 5.65. The van der Waals surface area contributed by atoms with E-state index in [9.17, 15) is 0 Å². The lowest BCUT2D eigenvalue weighted by atomic mass is 10.2. The molecule has 5 nitrogen and oxygen atoms in total. The van der Waals surface area contributed by atoms with Gasteiger partial charge in [-0.3, -0.25) is 0 Å². The number of nitrogens with two attached hydrogens (primary N) is 1. The first kappa shape index (κ1) is 15.0. The van der Waals surface area contributed by atoms with Crippen molar-refractivity contribution >= 4 is 39.7 Å². The predicted octanol–water partition coefficient (Wildman–Crippen LogP) is 4.70. The number of hydrogen-bond acceptors (Lipinski definition) is 5. The molecule has 1 aromatic heterocycles. The Morgan fingerprint density at radius 2 is 1.32 bits per heavy atom. The molecule has 0 amide bonds. The topological polar surface area (TPSA) is 75.9 Å². The van der Waals surface area contributed by atoms with Gasteiger partial charge in [-0.1, -0.05) is 30.3 Å². The number of anilines is 5. The summed E-state index contributed by atoms with van der Waals surface area (Å²) >= 11 is 0. The lowest BCUT2D eigenvalue weighted by Gasteiger charge is -2.12. The molecule has 122 valence electrons. The molecule has 0 fully saturated rings. The maximum atomic E-state index is 5.74. The highest BCUT2D eigenvalue weighted by Crippen LogP contribution is 2.26. The van der Waals surface area contributed by atoms with Crippen LogP contribution in [0.3, 0.4) is 0 Å². The summed E-state index contributed by atoms with van der Waals surface area (Å²) in [6.45, 7) is 0. The molecular weight excluding hydrogens is 310 g/mol. The van der Waals surface area contributed by atoms with Gasteiger partial charge in [-0.05, 0) is 48.5 Å². The van der Waals surface area contributed by atoms with E-state index in [-0.39, 0.29) is 0 Å². The van der Waals surface area contributed by atoms with E-state index in [4.69, 9.17) is 5.73 Å². The first-order valence-corrected chi connectivity index (χ1v) is 7.99. The Morgan fingerprint density at radius 1 is 0.640 bits per heavy atom. The zero-order valence-electron chi connectivity index (χ0n) is 13.5. The van der Waals surface area contributed by atoms with Crippen molar-refractivity contribution in [3.63, 3.8) is 0 Å².